The highest BCUT2D eigenvalue weighted by molar-refractivity contribution is 7.63. The predicted octanol–water partition coefficient (Wildman–Crippen LogP) is -0.105. The second kappa shape index (κ2) is 6.62. The topological polar surface area (TPSA) is 116 Å². The molecule has 0 spiro atoms. The molecule has 0 radical (unpaired) electrons. The van der Waals surface area contributed by atoms with E-state index in [4.69, 9.17) is 10.3 Å². The Labute approximate surface area is 93.5 Å². The van der Waals surface area contributed by atoms with Gasteiger partial charge in [-0.1, -0.05) is 0 Å². The van der Waals surface area contributed by atoms with Crippen LogP contribution in [-0.2, 0) is 14.2 Å². The number of nitrogens with one attached hydrogen (secondary N) is 2. The minimum absolute atomic E-state index is 0.121. The Morgan fingerprint density at radius 2 is 1.94 bits per heavy atom. The average molecular weight is 252 g/mol. The van der Waals surface area contributed by atoms with E-state index in [1.807, 2.05) is 0 Å². The van der Waals surface area contributed by atoms with Crippen LogP contribution in [0.2, 0.25) is 0 Å². The summed E-state index contributed by atoms with van der Waals surface area (Å²) in [5.74, 6) is -2.18. The van der Waals surface area contributed by atoms with Gasteiger partial charge in [-0.2, -0.15) is 0 Å². The summed E-state index contributed by atoms with van der Waals surface area (Å²) in [5.41, 5.74) is 1.43. The average Bonchev–Trinajstić information content (AvgIpc) is 2.14. The van der Waals surface area contributed by atoms with Gasteiger partial charge in [0.25, 0.3) is 5.91 Å². The van der Waals surface area contributed by atoms with Crippen LogP contribution in [0.1, 0.15) is 12.8 Å². The lowest BCUT2D eigenvalue weighted by atomic mass is 10.3. The third kappa shape index (κ3) is 6.55. The number of hydrogen-bond acceptors (Lipinski definition) is 5. The molecule has 0 aliphatic heterocycles. The maximum atomic E-state index is 11.8. The molecule has 0 aromatic heterocycles. The summed E-state index contributed by atoms with van der Waals surface area (Å²) >= 11 is 0. The van der Waals surface area contributed by atoms with E-state index in [2.05, 4.69) is 5.32 Å². The summed E-state index contributed by atoms with van der Waals surface area (Å²) < 4.78 is 11.8. The minimum atomic E-state index is -2.53. The lowest BCUT2D eigenvalue weighted by Gasteiger charge is -2.21. The van der Waals surface area contributed by atoms with Crippen LogP contribution in [0, 0.1) is 0 Å². The van der Waals surface area contributed by atoms with Gasteiger partial charge < -0.3 is 9.67 Å². The van der Waals surface area contributed by atoms with Gasteiger partial charge in [-0.15, -0.1) is 0 Å². The maximum absolute atomic E-state index is 11.8. The predicted molar refractivity (Wildman–Crippen MR) is 58.0 cm³/mol. The molecule has 1 unspecified atom stereocenters. The molecule has 0 saturated heterocycles. The Morgan fingerprint density at radius 1 is 1.38 bits per heavy atom. The molecule has 0 bridgehead atoms. The molecule has 0 rings (SSSR count). The molecule has 16 heavy (non-hydrogen) atoms. The second-order valence-corrected chi connectivity index (χ2v) is 7.29. The second-order valence-electron chi connectivity index (χ2n) is 3.80. The number of amides is 1. The Kier molecular flexibility index (Phi) is 6.25. The van der Waals surface area contributed by atoms with Gasteiger partial charge in [0, 0.05) is 6.42 Å². The third-order valence-corrected chi connectivity index (χ3v) is 3.95. The summed E-state index contributed by atoms with van der Waals surface area (Å²) in [5, 5.41) is 19.4. The molecule has 0 aliphatic rings. The summed E-state index contributed by atoms with van der Waals surface area (Å²) in [6.45, 7) is 2.83. The van der Waals surface area contributed by atoms with Crippen molar-refractivity contribution >= 4 is 19.0 Å². The molecule has 0 aliphatic carbocycles. The smallest absolute Gasteiger partial charge is 0.303 e. The number of carboxylic acids is 1. The van der Waals surface area contributed by atoms with Crippen molar-refractivity contribution in [3.8, 4) is 0 Å². The van der Waals surface area contributed by atoms with E-state index in [0.717, 1.165) is 0 Å². The molecule has 8 heteroatoms. The van der Waals surface area contributed by atoms with Crippen molar-refractivity contribution in [2.24, 2.45) is 0 Å². The van der Waals surface area contributed by atoms with Gasteiger partial charge in [0.1, 0.15) is 0 Å². The van der Waals surface area contributed by atoms with Crippen molar-refractivity contribution < 1.29 is 24.5 Å². The molecule has 94 valence electrons. The maximum Gasteiger partial charge on any atom is 0.303 e. The van der Waals surface area contributed by atoms with Crippen molar-refractivity contribution in [1.29, 1.82) is 0 Å². The lowest BCUT2D eigenvalue weighted by Crippen LogP contribution is -2.38. The van der Waals surface area contributed by atoms with Crippen molar-refractivity contribution in [1.82, 2.24) is 10.8 Å². The number of carbonyl (C=O) groups excluding carboxylic acids is 1. The Morgan fingerprint density at radius 3 is 2.31 bits per heavy atom. The highest BCUT2D eigenvalue weighted by Crippen LogP contribution is 2.42. The molecule has 0 aromatic rings. The van der Waals surface area contributed by atoms with Crippen molar-refractivity contribution in [2.75, 3.05) is 19.9 Å². The molecule has 7 nitrogen and oxygen atoms in total. The van der Waals surface area contributed by atoms with E-state index < -0.39 is 24.8 Å². The number of carbonyl (C=O) groups is 2. The van der Waals surface area contributed by atoms with E-state index in [9.17, 15) is 14.2 Å². The first kappa shape index (κ1) is 15.1. The van der Waals surface area contributed by atoms with Gasteiger partial charge in [0.05, 0.1) is 19.5 Å². The fourth-order valence-corrected chi connectivity index (χ4v) is 2.42. The van der Waals surface area contributed by atoms with Crippen molar-refractivity contribution in [2.45, 2.75) is 18.6 Å². The summed E-state index contributed by atoms with van der Waals surface area (Å²) in [7, 11) is -2.53. The SMILES string of the molecule is CP(C)(=O)C(CCC(=O)O)NCC(=O)NO. The molecule has 0 saturated carbocycles. The molecule has 0 fully saturated rings. The lowest BCUT2D eigenvalue weighted by molar-refractivity contribution is -0.137. The third-order valence-electron chi connectivity index (χ3n) is 2.01. The van der Waals surface area contributed by atoms with Crippen molar-refractivity contribution in [3.63, 3.8) is 0 Å². The number of carboxylic acid groups (broad SMARTS) is 1. The van der Waals surface area contributed by atoms with Gasteiger partial charge in [0.2, 0.25) is 0 Å². The first-order valence-corrected chi connectivity index (χ1v) is 7.37. The van der Waals surface area contributed by atoms with Gasteiger partial charge in [0.15, 0.2) is 0 Å². The van der Waals surface area contributed by atoms with E-state index in [0.29, 0.717) is 0 Å². The Hall–Kier alpha value is -0.910. The number of rotatable bonds is 7. The quantitative estimate of drug-likeness (QED) is 0.285. The van der Waals surface area contributed by atoms with Gasteiger partial charge >= 0.3 is 5.97 Å². The Bertz CT molecular complexity index is 301. The largest absolute Gasteiger partial charge is 0.481 e. The van der Waals surface area contributed by atoms with Crippen molar-refractivity contribution in [3.05, 3.63) is 0 Å². The zero-order chi connectivity index (χ0) is 12.8. The molecule has 0 heterocycles. The summed E-state index contributed by atoms with van der Waals surface area (Å²) in [4.78, 5) is 21.1. The fraction of sp³-hybridized carbons (Fsp3) is 0.750. The number of hydroxylamine groups is 1. The van der Waals surface area contributed by atoms with Crippen LogP contribution in [0.4, 0.5) is 0 Å². The molecule has 1 amide bonds. The van der Waals surface area contributed by atoms with E-state index in [1.165, 1.54) is 18.8 Å². The van der Waals surface area contributed by atoms with E-state index in [-0.39, 0.29) is 19.4 Å². The molecule has 1 atom stereocenters. The van der Waals surface area contributed by atoms with Crippen LogP contribution in [0.5, 0.6) is 0 Å². The monoisotopic (exact) mass is 252 g/mol. The number of hydrogen-bond donors (Lipinski definition) is 4. The van der Waals surface area contributed by atoms with E-state index in [1.54, 1.807) is 0 Å². The summed E-state index contributed by atoms with van der Waals surface area (Å²) in [6.07, 6.45) is 0.0579. The highest BCUT2D eigenvalue weighted by Gasteiger charge is 2.23. The zero-order valence-electron chi connectivity index (χ0n) is 9.27. The standard InChI is InChI=1S/C8H17N2O5P/c1-16(2,15)7(3-4-8(12)13)9-5-6(11)10-14/h7,9,14H,3-5H2,1-2H3,(H,10,11)(H,12,13). The molecule has 4 N–H and O–H groups in total. The normalized spacial score (nSPS) is 13.2. The highest BCUT2D eigenvalue weighted by atomic mass is 31.2. The van der Waals surface area contributed by atoms with Gasteiger partial charge in [-0.3, -0.25) is 20.1 Å². The molecular formula is C8H17N2O5P. The summed E-state index contributed by atoms with van der Waals surface area (Å²) in [6, 6.07) is 0. The zero-order valence-corrected chi connectivity index (χ0v) is 10.2. The van der Waals surface area contributed by atoms with Gasteiger partial charge in [-0.25, -0.2) is 5.48 Å². The van der Waals surface area contributed by atoms with Crippen LogP contribution in [-0.4, -0.2) is 47.8 Å². The van der Waals surface area contributed by atoms with Crippen LogP contribution in [0.15, 0.2) is 0 Å². The molecule has 0 aromatic carbocycles. The van der Waals surface area contributed by atoms with Crippen LogP contribution in [0.25, 0.3) is 0 Å². The molecular weight excluding hydrogens is 235 g/mol. The van der Waals surface area contributed by atoms with Crippen LogP contribution >= 0.6 is 7.14 Å². The first-order chi connectivity index (χ1) is 7.27. The van der Waals surface area contributed by atoms with Crippen LogP contribution in [0.3, 0.4) is 0 Å². The minimum Gasteiger partial charge on any atom is -0.481 e. The fourth-order valence-electron chi connectivity index (χ4n) is 1.14. The van der Waals surface area contributed by atoms with Crippen LogP contribution < -0.4 is 10.8 Å². The van der Waals surface area contributed by atoms with Gasteiger partial charge in [-0.05, 0) is 19.8 Å². The first-order valence-electron chi connectivity index (χ1n) is 4.70. The number of aliphatic carboxylic acids is 1. The van der Waals surface area contributed by atoms with E-state index >= 15 is 0 Å². The Balaban J connectivity index is 4.28.